The Morgan fingerprint density at radius 2 is 2.05 bits per heavy atom. The molecule has 0 saturated heterocycles. The minimum absolute atomic E-state index is 0.164. The summed E-state index contributed by atoms with van der Waals surface area (Å²) in [5, 5.41) is 0.691. The van der Waals surface area contributed by atoms with E-state index in [4.69, 9.17) is 5.73 Å². The monoisotopic (exact) mass is 361 g/mol. The normalized spacial score (nSPS) is 11.5. The first-order chi connectivity index (χ1) is 8.79. The highest BCUT2D eigenvalue weighted by Crippen LogP contribution is 2.32. The minimum Gasteiger partial charge on any atom is -0.397 e. The Labute approximate surface area is 124 Å². The minimum atomic E-state index is -3.65. The van der Waals surface area contributed by atoms with Crippen LogP contribution >= 0.6 is 27.3 Å². The molecule has 0 aliphatic rings. The van der Waals surface area contributed by atoms with Crippen molar-refractivity contribution in [1.82, 2.24) is 4.98 Å². The molecule has 0 amide bonds. The maximum Gasteiger partial charge on any atom is 0.273 e. The highest BCUT2D eigenvalue weighted by molar-refractivity contribution is 9.10. The van der Waals surface area contributed by atoms with Crippen molar-refractivity contribution in [3.8, 4) is 0 Å². The predicted octanol–water partition coefficient (Wildman–Crippen LogP) is 2.91. The Morgan fingerprint density at radius 1 is 1.37 bits per heavy atom. The standard InChI is InChI=1S/C11H12BrN3O2S2/c1-6-3-8(12)11(9(13)4-6)15-19(16,17)10-5-14-7(2)18-10/h3-5,15H,13H2,1-2H3. The molecular formula is C11H12BrN3O2S2. The van der Waals surface area contributed by atoms with Gasteiger partial charge in [-0.1, -0.05) is 0 Å². The molecule has 2 aromatic rings. The lowest BCUT2D eigenvalue weighted by molar-refractivity contribution is 0.603. The Kier molecular flexibility index (Phi) is 3.84. The average molecular weight is 362 g/mol. The highest BCUT2D eigenvalue weighted by atomic mass is 79.9. The van der Waals surface area contributed by atoms with Crippen LogP contribution in [0.5, 0.6) is 0 Å². The van der Waals surface area contributed by atoms with Gasteiger partial charge >= 0.3 is 0 Å². The van der Waals surface area contributed by atoms with Gasteiger partial charge in [0.15, 0.2) is 4.21 Å². The van der Waals surface area contributed by atoms with Crippen LogP contribution in [0, 0.1) is 13.8 Å². The van der Waals surface area contributed by atoms with Crippen molar-refractivity contribution >= 4 is 48.7 Å². The van der Waals surface area contributed by atoms with E-state index in [9.17, 15) is 8.42 Å². The Hall–Kier alpha value is -1.12. The topological polar surface area (TPSA) is 85.1 Å². The van der Waals surface area contributed by atoms with Gasteiger partial charge in [-0.2, -0.15) is 0 Å². The van der Waals surface area contributed by atoms with E-state index in [-0.39, 0.29) is 4.21 Å². The second-order valence-corrected chi connectivity index (χ2v) is 8.01. The fourth-order valence-corrected chi connectivity index (χ4v) is 4.56. The Bertz CT molecular complexity index is 702. The smallest absolute Gasteiger partial charge is 0.273 e. The van der Waals surface area contributed by atoms with Crippen molar-refractivity contribution in [1.29, 1.82) is 0 Å². The second-order valence-electron chi connectivity index (χ2n) is 4.01. The number of rotatable bonds is 3. The van der Waals surface area contributed by atoms with E-state index in [1.165, 1.54) is 6.20 Å². The van der Waals surface area contributed by atoms with Gasteiger partial charge in [-0.05, 0) is 47.5 Å². The number of sulfonamides is 1. The number of nitrogen functional groups attached to an aromatic ring is 1. The summed E-state index contributed by atoms with van der Waals surface area (Å²) in [5.74, 6) is 0. The molecular weight excluding hydrogens is 350 g/mol. The molecule has 0 atom stereocenters. The molecule has 0 aliphatic heterocycles. The van der Waals surface area contributed by atoms with Crippen LogP contribution in [0.2, 0.25) is 0 Å². The first-order valence-electron chi connectivity index (χ1n) is 5.30. The van der Waals surface area contributed by atoms with Gasteiger partial charge in [0.2, 0.25) is 0 Å². The third kappa shape index (κ3) is 3.07. The molecule has 8 heteroatoms. The van der Waals surface area contributed by atoms with Crippen LogP contribution in [0.1, 0.15) is 10.6 Å². The van der Waals surface area contributed by atoms with Gasteiger partial charge in [-0.3, -0.25) is 4.72 Å². The van der Waals surface area contributed by atoms with Gasteiger partial charge in [0.25, 0.3) is 10.0 Å². The number of aryl methyl sites for hydroxylation is 2. The Balaban J connectivity index is 2.41. The molecule has 19 heavy (non-hydrogen) atoms. The lowest BCUT2D eigenvalue weighted by Gasteiger charge is -2.11. The van der Waals surface area contributed by atoms with Crippen LogP contribution in [0.25, 0.3) is 0 Å². The molecule has 102 valence electrons. The summed E-state index contributed by atoms with van der Waals surface area (Å²) < 4.78 is 27.6. The van der Waals surface area contributed by atoms with Crippen molar-refractivity contribution in [2.45, 2.75) is 18.1 Å². The van der Waals surface area contributed by atoms with E-state index in [2.05, 4.69) is 25.6 Å². The van der Waals surface area contributed by atoms with Gasteiger partial charge in [0.05, 0.1) is 22.6 Å². The Morgan fingerprint density at radius 3 is 2.58 bits per heavy atom. The van der Waals surface area contributed by atoms with E-state index in [1.54, 1.807) is 19.1 Å². The number of halogens is 1. The van der Waals surface area contributed by atoms with Crippen LogP contribution in [0.4, 0.5) is 11.4 Å². The molecule has 0 aliphatic carbocycles. The summed E-state index contributed by atoms with van der Waals surface area (Å²) in [6.07, 6.45) is 1.33. The molecule has 1 aromatic carbocycles. The molecule has 5 nitrogen and oxygen atoms in total. The number of nitrogens with two attached hydrogens (primary N) is 1. The quantitative estimate of drug-likeness (QED) is 0.823. The van der Waals surface area contributed by atoms with Gasteiger partial charge in [-0.25, -0.2) is 13.4 Å². The summed E-state index contributed by atoms with van der Waals surface area (Å²) in [4.78, 5) is 3.94. The third-order valence-corrected chi connectivity index (χ3v) is 5.72. The SMILES string of the molecule is Cc1cc(N)c(NS(=O)(=O)c2cnc(C)s2)c(Br)c1. The van der Waals surface area contributed by atoms with Crippen LogP contribution < -0.4 is 10.5 Å². The van der Waals surface area contributed by atoms with Crippen molar-refractivity contribution < 1.29 is 8.42 Å². The van der Waals surface area contributed by atoms with E-state index in [0.717, 1.165) is 16.9 Å². The van der Waals surface area contributed by atoms with E-state index < -0.39 is 10.0 Å². The highest BCUT2D eigenvalue weighted by Gasteiger charge is 2.19. The summed E-state index contributed by atoms with van der Waals surface area (Å²) >= 11 is 4.42. The van der Waals surface area contributed by atoms with Crippen LogP contribution in [0.15, 0.2) is 27.0 Å². The molecule has 0 spiro atoms. The number of benzene rings is 1. The van der Waals surface area contributed by atoms with E-state index >= 15 is 0 Å². The third-order valence-electron chi connectivity index (χ3n) is 2.37. The number of anilines is 2. The lowest BCUT2D eigenvalue weighted by Crippen LogP contribution is -2.13. The van der Waals surface area contributed by atoms with Crippen LogP contribution in [-0.4, -0.2) is 13.4 Å². The summed E-state index contributed by atoms with van der Waals surface area (Å²) in [7, 11) is -3.65. The van der Waals surface area contributed by atoms with Gasteiger partial charge in [0.1, 0.15) is 0 Å². The molecule has 0 radical (unpaired) electrons. The zero-order chi connectivity index (χ0) is 14.2. The van der Waals surface area contributed by atoms with Crippen LogP contribution in [0.3, 0.4) is 0 Å². The number of thiazole rings is 1. The molecule has 0 saturated carbocycles. The first-order valence-corrected chi connectivity index (χ1v) is 8.40. The lowest BCUT2D eigenvalue weighted by atomic mass is 10.2. The van der Waals surface area contributed by atoms with Gasteiger partial charge < -0.3 is 5.73 Å². The predicted molar refractivity (Wildman–Crippen MR) is 81.0 cm³/mol. The van der Waals surface area contributed by atoms with Crippen molar-refractivity contribution in [3.63, 3.8) is 0 Å². The fourth-order valence-electron chi connectivity index (χ4n) is 1.53. The number of nitrogens with one attached hydrogen (secondary N) is 1. The number of hydrogen-bond donors (Lipinski definition) is 2. The molecule has 0 unspecified atom stereocenters. The maximum atomic E-state index is 12.2. The second kappa shape index (κ2) is 5.10. The summed E-state index contributed by atoms with van der Waals surface area (Å²) in [6.45, 7) is 3.63. The van der Waals surface area contributed by atoms with Crippen LogP contribution in [-0.2, 0) is 10.0 Å². The average Bonchev–Trinajstić information content (AvgIpc) is 2.71. The van der Waals surface area contributed by atoms with E-state index in [0.29, 0.717) is 20.9 Å². The molecule has 0 bridgehead atoms. The van der Waals surface area contributed by atoms with Crippen molar-refractivity contribution in [2.75, 3.05) is 10.5 Å². The van der Waals surface area contributed by atoms with Crippen molar-refractivity contribution in [2.24, 2.45) is 0 Å². The molecule has 2 rings (SSSR count). The summed E-state index contributed by atoms with van der Waals surface area (Å²) in [5.41, 5.74) is 7.50. The maximum absolute atomic E-state index is 12.2. The molecule has 3 N–H and O–H groups in total. The molecule has 1 heterocycles. The largest absolute Gasteiger partial charge is 0.397 e. The zero-order valence-corrected chi connectivity index (χ0v) is 13.5. The van der Waals surface area contributed by atoms with E-state index in [1.807, 2.05) is 6.92 Å². The fraction of sp³-hybridized carbons (Fsp3) is 0.182. The number of nitrogens with zero attached hydrogens (tertiary/aromatic N) is 1. The van der Waals surface area contributed by atoms with Crippen molar-refractivity contribution in [3.05, 3.63) is 33.4 Å². The zero-order valence-electron chi connectivity index (χ0n) is 10.3. The van der Waals surface area contributed by atoms with Gasteiger partial charge in [0, 0.05) is 4.47 Å². The number of hydrogen-bond acceptors (Lipinski definition) is 5. The van der Waals surface area contributed by atoms with Gasteiger partial charge in [-0.15, -0.1) is 11.3 Å². The summed E-state index contributed by atoms with van der Waals surface area (Å²) in [6, 6.07) is 3.51. The molecule has 1 aromatic heterocycles. The molecule has 0 fully saturated rings. The number of aromatic nitrogens is 1. The first kappa shape index (κ1) is 14.3.